The first-order valence-corrected chi connectivity index (χ1v) is 9.87. The number of aryl methyl sites for hydroxylation is 2. The van der Waals surface area contributed by atoms with Crippen LogP contribution in [0.25, 0.3) is 21.7 Å². The lowest BCUT2D eigenvalue weighted by Gasteiger charge is -2.23. The Morgan fingerprint density at radius 2 is 1.54 bits per heavy atom. The summed E-state index contributed by atoms with van der Waals surface area (Å²) in [4.78, 5) is 18.2. The van der Waals surface area contributed by atoms with Crippen molar-refractivity contribution in [2.75, 3.05) is 5.32 Å². The lowest BCUT2D eigenvalue weighted by molar-refractivity contribution is -0.122. The summed E-state index contributed by atoms with van der Waals surface area (Å²) in [6, 6.07) is 16.9. The molecule has 3 nitrogen and oxygen atoms in total. The van der Waals surface area contributed by atoms with E-state index in [-0.39, 0.29) is 11.8 Å². The summed E-state index contributed by atoms with van der Waals surface area (Å²) >= 11 is 1.55. The van der Waals surface area contributed by atoms with E-state index in [4.69, 9.17) is 4.98 Å². The van der Waals surface area contributed by atoms with Crippen LogP contribution in [0.4, 0.5) is 5.13 Å². The molecule has 4 rings (SSSR count). The van der Waals surface area contributed by atoms with Crippen molar-refractivity contribution in [3.05, 3.63) is 59.7 Å². The van der Waals surface area contributed by atoms with Crippen LogP contribution in [0.5, 0.6) is 0 Å². The highest BCUT2D eigenvalue weighted by molar-refractivity contribution is 7.19. The molecule has 1 N–H and O–H groups in total. The zero-order valence-electron chi connectivity index (χ0n) is 15.1. The Hall–Kier alpha value is -2.46. The van der Waals surface area contributed by atoms with Crippen LogP contribution < -0.4 is 5.32 Å². The second-order valence-corrected chi connectivity index (χ2v) is 8.04. The van der Waals surface area contributed by atoms with Gasteiger partial charge in [0.25, 0.3) is 0 Å². The van der Waals surface area contributed by atoms with Gasteiger partial charge in [-0.1, -0.05) is 77.4 Å². The molecule has 0 spiro atoms. The van der Waals surface area contributed by atoms with E-state index in [0.29, 0.717) is 5.13 Å². The molecule has 26 heavy (non-hydrogen) atoms. The second kappa shape index (κ2) is 7.04. The lowest BCUT2D eigenvalue weighted by Crippen LogP contribution is -2.27. The first-order chi connectivity index (χ1) is 12.6. The Bertz CT molecular complexity index is 859. The number of nitrogens with one attached hydrogen (secondary N) is 1. The third-order valence-electron chi connectivity index (χ3n) is 4.97. The molecule has 4 heteroatoms. The van der Waals surface area contributed by atoms with E-state index < -0.39 is 0 Å². The minimum Gasteiger partial charge on any atom is -0.302 e. The largest absolute Gasteiger partial charge is 0.302 e. The minimum absolute atomic E-state index is 0.107. The predicted octanol–water partition coefficient (Wildman–Crippen LogP) is 5.83. The van der Waals surface area contributed by atoms with Gasteiger partial charge in [0.1, 0.15) is 0 Å². The van der Waals surface area contributed by atoms with Crippen molar-refractivity contribution >= 4 is 22.4 Å². The van der Waals surface area contributed by atoms with Crippen molar-refractivity contribution in [2.24, 2.45) is 5.92 Å². The van der Waals surface area contributed by atoms with Gasteiger partial charge in [-0.2, -0.15) is 0 Å². The fourth-order valence-electron chi connectivity index (χ4n) is 3.06. The number of carbonyl (C=O) groups is 1. The molecule has 132 valence electrons. The first-order valence-electron chi connectivity index (χ1n) is 9.06. The number of benzene rings is 2. The smallest absolute Gasteiger partial charge is 0.229 e. The maximum Gasteiger partial charge on any atom is 0.229 e. The Morgan fingerprint density at radius 1 is 0.962 bits per heavy atom. The van der Waals surface area contributed by atoms with Crippen molar-refractivity contribution in [3.8, 4) is 21.7 Å². The van der Waals surface area contributed by atoms with Crippen LogP contribution in [0, 0.1) is 19.8 Å². The van der Waals surface area contributed by atoms with Crippen molar-refractivity contribution in [2.45, 2.75) is 33.1 Å². The Kier molecular flexibility index (Phi) is 4.60. The molecular formula is C22H22N2OS. The summed E-state index contributed by atoms with van der Waals surface area (Å²) in [6.45, 7) is 4.16. The van der Waals surface area contributed by atoms with Gasteiger partial charge in [-0.3, -0.25) is 4.79 Å². The summed E-state index contributed by atoms with van der Waals surface area (Å²) in [5, 5.41) is 3.72. The maximum atomic E-state index is 12.3. The average molecular weight is 362 g/mol. The third kappa shape index (κ3) is 3.42. The molecular weight excluding hydrogens is 340 g/mol. The predicted molar refractivity (Wildman–Crippen MR) is 108 cm³/mol. The quantitative estimate of drug-likeness (QED) is 0.634. The summed E-state index contributed by atoms with van der Waals surface area (Å²) in [6.07, 6.45) is 3.14. The molecule has 1 aliphatic carbocycles. The molecule has 0 unspecified atom stereocenters. The highest BCUT2D eigenvalue weighted by Gasteiger charge is 2.26. The Balaban J connectivity index is 1.73. The molecule has 0 aliphatic heterocycles. The van der Waals surface area contributed by atoms with E-state index in [1.54, 1.807) is 11.3 Å². The van der Waals surface area contributed by atoms with Crippen LogP contribution in [0.15, 0.2) is 48.5 Å². The second-order valence-electron chi connectivity index (χ2n) is 7.05. The highest BCUT2D eigenvalue weighted by atomic mass is 32.1. The van der Waals surface area contributed by atoms with Crippen molar-refractivity contribution in [1.82, 2.24) is 4.98 Å². The number of aromatic nitrogens is 1. The van der Waals surface area contributed by atoms with Gasteiger partial charge in [-0.25, -0.2) is 4.98 Å². The summed E-state index contributed by atoms with van der Waals surface area (Å²) < 4.78 is 0. The van der Waals surface area contributed by atoms with E-state index in [9.17, 15) is 4.79 Å². The zero-order chi connectivity index (χ0) is 18.1. The van der Waals surface area contributed by atoms with Crippen LogP contribution in [-0.2, 0) is 4.79 Å². The molecule has 3 aromatic rings. The molecule has 1 aromatic heterocycles. The molecule has 1 heterocycles. The third-order valence-corrected chi connectivity index (χ3v) is 5.99. The number of carbonyl (C=O) groups excluding carboxylic acids is 1. The number of rotatable bonds is 4. The van der Waals surface area contributed by atoms with Gasteiger partial charge in [0, 0.05) is 11.5 Å². The summed E-state index contributed by atoms with van der Waals surface area (Å²) in [7, 11) is 0. The van der Waals surface area contributed by atoms with Gasteiger partial charge in [0.2, 0.25) is 5.91 Å². The number of anilines is 1. The topological polar surface area (TPSA) is 42.0 Å². The standard InChI is InChI=1S/C22H22N2OS/c1-14-6-10-16(11-7-14)19-20(17-12-8-15(2)9-13-17)26-22(23-19)24-21(25)18-4-3-5-18/h6-13,18H,3-5H2,1-2H3,(H,23,24,25). The molecule has 0 saturated heterocycles. The number of thiazole rings is 1. The van der Waals surface area contributed by atoms with Gasteiger partial charge in [-0.15, -0.1) is 0 Å². The van der Waals surface area contributed by atoms with Gasteiger partial charge in [0.05, 0.1) is 10.6 Å². The maximum absolute atomic E-state index is 12.3. The van der Waals surface area contributed by atoms with E-state index >= 15 is 0 Å². The average Bonchev–Trinajstić information content (AvgIpc) is 2.98. The normalized spacial score (nSPS) is 14.1. The van der Waals surface area contributed by atoms with Gasteiger partial charge in [-0.05, 0) is 32.3 Å². The van der Waals surface area contributed by atoms with Crippen LogP contribution in [0.3, 0.4) is 0 Å². The Morgan fingerprint density at radius 3 is 2.08 bits per heavy atom. The molecule has 2 aromatic carbocycles. The molecule has 1 saturated carbocycles. The number of hydrogen-bond acceptors (Lipinski definition) is 3. The summed E-state index contributed by atoms with van der Waals surface area (Å²) in [5.41, 5.74) is 5.59. The molecule has 1 amide bonds. The molecule has 0 radical (unpaired) electrons. The molecule has 1 aliphatic rings. The monoisotopic (exact) mass is 362 g/mol. The highest BCUT2D eigenvalue weighted by Crippen LogP contribution is 2.39. The van der Waals surface area contributed by atoms with Gasteiger partial charge >= 0.3 is 0 Å². The number of hydrogen-bond donors (Lipinski definition) is 1. The van der Waals surface area contributed by atoms with E-state index in [1.165, 1.54) is 11.1 Å². The van der Waals surface area contributed by atoms with Gasteiger partial charge < -0.3 is 5.32 Å². The van der Waals surface area contributed by atoms with Gasteiger partial charge in [0.15, 0.2) is 5.13 Å². The Labute approximate surface area is 158 Å². The lowest BCUT2D eigenvalue weighted by atomic mass is 9.85. The molecule has 1 fully saturated rings. The molecule has 0 bridgehead atoms. The van der Waals surface area contributed by atoms with Crippen LogP contribution in [-0.4, -0.2) is 10.9 Å². The van der Waals surface area contributed by atoms with Crippen LogP contribution >= 0.6 is 11.3 Å². The fourth-order valence-corrected chi connectivity index (χ4v) is 4.06. The van der Waals surface area contributed by atoms with Crippen molar-refractivity contribution in [3.63, 3.8) is 0 Å². The SMILES string of the molecule is Cc1ccc(-c2nc(NC(=O)C3CCC3)sc2-c2ccc(C)cc2)cc1. The number of amides is 1. The summed E-state index contributed by atoms with van der Waals surface area (Å²) in [5.74, 6) is 0.264. The van der Waals surface area contributed by atoms with Crippen LogP contribution in [0.2, 0.25) is 0 Å². The zero-order valence-corrected chi connectivity index (χ0v) is 15.9. The van der Waals surface area contributed by atoms with Crippen molar-refractivity contribution in [1.29, 1.82) is 0 Å². The van der Waals surface area contributed by atoms with E-state index in [0.717, 1.165) is 41.0 Å². The van der Waals surface area contributed by atoms with Crippen molar-refractivity contribution < 1.29 is 4.79 Å². The molecule has 0 atom stereocenters. The fraction of sp³-hybridized carbons (Fsp3) is 0.273. The number of nitrogens with zero attached hydrogens (tertiary/aromatic N) is 1. The van der Waals surface area contributed by atoms with E-state index in [1.807, 2.05) is 0 Å². The van der Waals surface area contributed by atoms with Crippen LogP contribution in [0.1, 0.15) is 30.4 Å². The first kappa shape index (κ1) is 17.0. The van der Waals surface area contributed by atoms with E-state index in [2.05, 4.69) is 67.7 Å². The minimum atomic E-state index is 0.107.